The first-order valence-corrected chi connectivity index (χ1v) is 11.2. The monoisotopic (exact) mass is 403 g/mol. The number of ether oxygens (including phenoxy) is 2. The Morgan fingerprint density at radius 3 is 2.59 bits per heavy atom. The second kappa shape index (κ2) is 8.24. The van der Waals surface area contributed by atoms with Crippen molar-refractivity contribution in [1.82, 2.24) is 20.0 Å². The van der Waals surface area contributed by atoms with Gasteiger partial charge in [-0.25, -0.2) is 9.79 Å². The van der Waals surface area contributed by atoms with Crippen molar-refractivity contribution in [3.05, 3.63) is 12.0 Å². The maximum atomic E-state index is 12.8. The van der Waals surface area contributed by atoms with Crippen LogP contribution in [-0.4, -0.2) is 85.3 Å². The second-order valence-corrected chi connectivity index (χ2v) is 9.20. The predicted octanol–water partition coefficient (Wildman–Crippen LogP) is 1.66. The van der Waals surface area contributed by atoms with E-state index < -0.39 is 0 Å². The highest BCUT2D eigenvalue weighted by molar-refractivity contribution is 6.02. The van der Waals surface area contributed by atoms with Gasteiger partial charge in [-0.1, -0.05) is 6.92 Å². The van der Waals surface area contributed by atoms with Crippen molar-refractivity contribution < 1.29 is 14.3 Å². The molecule has 1 N–H and O–H groups in total. The maximum absolute atomic E-state index is 12.8. The minimum Gasteiger partial charge on any atom is -0.381 e. The lowest BCUT2D eigenvalue weighted by atomic mass is 9.96. The molecule has 0 bridgehead atoms. The minimum absolute atomic E-state index is 0.0362. The standard InChI is InChI=1S/C21H33N5O3/c1-15-10-24(11-16-2-6-28-7-3-16)12-18(15)20-22-19-13-25(14-26(19)21(27)23-20)17-4-8-29-9-5-17/h13,15-18H,2-12,14H2,1H3,(H,22,23,27). The second-order valence-electron chi connectivity index (χ2n) is 9.20. The van der Waals surface area contributed by atoms with Gasteiger partial charge in [0.05, 0.1) is 0 Å². The van der Waals surface area contributed by atoms with Crippen molar-refractivity contribution in [3.63, 3.8) is 0 Å². The van der Waals surface area contributed by atoms with Crippen LogP contribution in [0.15, 0.2) is 17.0 Å². The Morgan fingerprint density at radius 1 is 1.10 bits per heavy atom. The molecule has 0 saturated carbocycles. The molecule has 0 spiro atoms. The highest BCUT2D eigenvalue weighted by Gasteiger charge is 2.40. The summed E-state index contributed by atoms with van der Waals surface area (Å²) in [5.41, 5.74) is 0. The normalized spacial score (nSPS) is 32.2. The molecule has 3 saturated heterocycles. The van der Waals surface area contributed by atoms with Gasteiger partial charge in [-0.15, -0.1) is 0 Å². The first-order valence-electron chi connectivity index (χ1n) is 11.2. The molecule has 8 heteroatoms. The van der Waals surface area contributed by atoms with Crippen LogP contribution in [0.1, 0.15) is 32.6 Å². The molecule has 160 valence electrons. The summed E-state index contributed by atoms with van der Waals surface area (Å²) >= 11 is 0. The van der Waals surface area contributed by atoms with Gasteiger partial charge in [-0.05, 0) is 37.5 Å². The van der Waals surface area contributed by atoms with Crippen LogP contribution in [0.5, 0.6) is 0 Å². The molecule has 5 rings (SSSR count). The third-order valence-corrected chi connectivity index (χ3v) is 7.13. The Kier molecular flexibility index (Phi) is 5.49. The van der Waals surface area contributed by atoms with Gasteiger partial charge in [0.2, 0.25) is 0 Å². The largest absolute Gasteiger partial charge is 0.381 e. The predicted molar refractivity (Wildman–Crippen MR) is 109 cm³/mol. The van der Waals surface area contributed by atoms with Crippen LogP contribution < -0.4 is 5.32 Å². The summed E-state index contributed by atoms with van der Waals surface area (Å²) in [7, 11) is 0. The highest BCUT2D eigenvalue weighted by Crippen LogP contribution is 2.31. The Labute approximate surface area is 172 Å². The molecule has 5 aliphatic rings. The molecular formula is C21H33N5O3. The molecule has 2 unspecified atom stereocenters. The van der Waals surface area contributed by atoms with Gasteiger partial charge >= 0.3 is 6.03 Å². The van der Waals surface area contributed by atoms with Crippen molar-refractivity contribution in [3.8, 4) is 0 Å². The Morgan fingerprint density at radius 2 is 1.83 bits per heavy atom. The Balaban J connectivity index is 1.26. The van der Waals surface area contributed by atoms with Crippen LogP contribution in [0.2, 0.25) is 0 Å². The number of urea groups is 1. The Bertz CT molecular complexity index is 684. The number of amidine groups is 1. The van der Waals surface area contributed by atoms with E-state index in [1.165, 1.54) is 0 Å². The summed E-state index contributed by atoms with van der Waals surface area (Å²) in [5, 5.41) is 3.11. The van der Waals surface area contributed by atoms with E-state index in [2.05, 4.69) is 28.2 Å². The van der Waals surface area contributed by atoms with Gasteiger partial charge in [-0.3, -0.25) is 10.2 Å². The van der Waals surface area contributed by atoms with E-state index in [1.54, 1.807) is 4.90 Å². The van der Waals surface area contributed by atoms with E-state index in [4.69, 9.17) is 14.5 Å². The summed E-state index contributed by atoms with van der Waals surface area (Å²) in [5.74, 6) is 3.17. The molecule has 0 aromatic heterocycles. The topological polar surface area (TPSA) is 69.6 Å². The van der Waals surface area contributed by atoms with Crippen molar-refractivity contribution in [2.75, 3.05) is 52.7 Å². The molecule has 2 atom stereocenters. The summed E-state index contributed by atoms with van der Waals surface area (Å²) < 4.78 is 11.0. The summed E-state index contributed by atoms with van der Waals surface area (Å²) in [6.45, 7) is 9.47. The fourth-order valence-electron chi connectivity index (χ4n) is 5.36. The zero-order valence-electron chi connectivity index (χ0n) is 17.4. The SMILES string of the molecule is CC1CN(CC2CCOCC2)CC1C1=NC2=CN(C3CCOCC3)CN2C(=O)N1. The lowest BCUT2D eigenvalue weighted by molar-refractivity contribution is 0.0459. The maximum Gasteiger partial charge on any atom is 0.329 e. The zero-order chi connectivity index (χ0) is 19.8. The zero-order valence-corrected chi connectivity index (χ0v) is 17.4. The highest BCUT2D eigenvalue weighted by atomic mass is 16.5. The Hall–Kier alpha value is -1.64. The molecule has 8 nitrogen and oxygen atoms in total. The van der Waals surface area contributed by atoms with Crippen molar-refractivity contribution in [2.24, 2.45) is 22.7 Å². The number of rotatable bonds is 4. The van der Waals surface area contributed by atoms with Crippen LogP contribution in [0.25, 0.3) is 0 Å². The molecule has 3 fully saturated rings. The van der Waals surface area contributed by atoms with E-state index in [0.717, 1.165) is 89.3 Å². The van der Waals surface area contributed by atoms with Crippen molar-refractivity contribution >= 4 is 11.9 Å². The van der Waals surface area contributed by atoms with Crippen LogP contribution in [0.4, 0.5) is 4.79 Å². The van der Waals surface area contributed by atoms with Crippen molar-refractivity contribution in [2.45, 2.75) is 38.6 Å². The lowest BCUT2D eigenvalue weighted by Crippen LogP contribution is -2.50. The number of nitrogens with zero attached hydrogens (tertiary/aromatic N) is 4. The number of hydrogen-bond acceptors (Lipinski definition) is 6. The molecule has 2 amide bonds. The van der Waals surface area contributed by atoms with Gasteiger partial charge in [0.15, 0.2) is 5.82 Å². The minimum atomic E-state index is -0.0362. The smallest absolute Gasteiger partial charge is 0.329 e. The number of carbonyl (C=O) groups excluding carboxylic acids is 1. The van der Waals surface area contributed by atoms with Gasteiger partial charge in [0, 0.05) is 64.2 Å². The molecule has 0 aliphatic carbocycles. The van der Waals surface area contributed by atoms with Gasteiger partial charge in [0.1, 0.15) is 12.5 Å². The summed E-state index contributed by atoms with van der Waals surface area (Å²) in [6, 6.07) is 0.402. The average Bonchev–Trinajstić information content (AvgIpc) is 3.33. The third-order valence-electron chi connectivity index (χ3n) is 7.13. The first kappa shape index (κ1) is 19.3. The lowest BCUT2D eigenvalue weighted by Gasteiger charge is -2.32. The van der Waals surface area contributed by atoms with E-state index in [1.807, 2.05) is 0 Å². The summed E-state index contributed by atoms with van der Waals surface area (Å²) in [6.07, 6.45) is 6.43. The van der Waals surface area contributed by atoms with Crippen LogP contribution in [0.3, 0.4) is 0 Å². The first-order chi connectivity index (χ1) is 14.2. The third kappa shape index (κ3) is 4.02. The van der Waals surface area contributed by atoms with Crippen molar-refractivity contribution in [1.29, 1.82) is 0 Å². The molecule has 5 heterocycles. The summed E-state index contributed by atoms with van der Waals surface area (Å²) in [4.78, 5) is 24.3. The van der Waals surface area contributed by atoms with E-state index in [-0.39, 0.29) is 6.03 Å². The number of carbonyl (C=O) groups is 1. The van der Waals surface area contributed by atoms with E-state index >= 15 is 0 Å². The fraction of sp³-hybridized carbons (Fsp3) is 0.810. The molecule has 0 aromatic rings. The molecule has 29 heavy (non-hydrogen) atoms. The van der Waals surface area contributed by atoms with Crippen LogP contribution in [-0.2, 0) is 9.47 Å². The molecule has 0 radical (unpaired) electrons. The fourth-order valence-corrected chi connectivity index (χ4v) is 5.36. The molecular weight excluding hydrogens is 370 g/mol. The van der Waals surface area contributed by atoms with Crippen LogP contribution in [0, 0.1) is 17.8 Å². The van der Waals surface area contributed by atoms with Gasteiger partial charge in [0.25, 0.3) is 0 Å². The average molecular weight is 404 g/mol. The van der Waals surface area contributed by atoms with Gasteiger partial charge in [-0.2, -0.15) is 0 Å². The number of nitrogens with one attached hydrogen (secondary N) is 1. The number of aliphatic imine (C=N–C) groups is 1. The number of hydrogen-bond donors (Lipinski definition) is 1. The number of likely N-dealkylation sites (tertiary alicyclic amines) is 1. The van der Waals surface area contributed by atoms with Gasteiger partial charge < -0.3 is 19.3 Å². The van der Waals surface area contributed by atoms with E-state index in [9.17, 15) is 4.79 Å². The number of fused-ring (bicyclic) bond motifs is 1. The quantitative estimate of drug-likeness (QED) is 0.773. The number of amides is 2. The van der Waals surface area contributed by atoms with E-state index in [0.29, 0.717) is 24.5 Å². The van der Waals surface area contributed by atoms with Crippen LogP contribution >= 0.6 is 0 Å². The molecule has 5 aliphatic heterocycles. The molecule has 0 aromatic carbocycles.